The summed E-state index contributed by atoms with van der Waals surface area (Å²) < 4.78 is 28.9. The second-order valence-electron chi connectivity index (χ2n) is 10.3. The van der Waals surface area contributed by atoms with E-state index in [0.717, 1.165) is 21.0 Å². The maximum atomic E-state index is 14.1. The van der Waals surface area contributed by atoms with Crippen molar-refractivity contribution in [2.24, 2.45) is 5.92 Å². The third-order valence-electron chi connectivity index (χ3n) is 6.55. The molecule has 0 radical (unpaired) electrons. The highest BCUT2D eigenvalue weighted by molar-refractivity contribution is 7.92. The Labute approximate surface area is 243 Å². The molecule has 0 aliphatic carbocycles. The van der Waals surface area contributed by atoms with E-state index < -0.39 is 28.5 Å². The highest BCUT2D eigenvalue weighted by atomic mass is 35.5. The fraction of sp³-hybridized carbons (Fsp3) is 0.355. The predicted molar refractivity (Wildman–Crippen MR) is 161 cm³/mol. The Morgan fingerprint density at radius 2 is 1.48 bits per heavy atom. The molecule has 0 bridgehead atoms. The summed E-state index contributed by atoms with van der Waals surface area (Å²) in [5, 5.41) is 3.13. The Hall–Kier alpha value is -3.36. The van der Waals surface area contributed by atoms with Gasteiger partial charge in [-0.3, -0.25) is 13.9 Å². The van der Waals surface area contributed by atoms with Gasteiger partial charge < -0.3 is 10.2 Å². The summed E-state index contributed by atoms with van der Waals surface area (Å²) in [5.41, 5.74) is 2.99. The second-order valence-corrected chi connectivity index (χ2v) is 12.6. The van der Waals surface area contributed by atoms with E-state index in [1.807, 2.05) is 58.9 Å². The topological polar surface area (TPSA) is 86.8 Å². The number of nitrogens with zero attached hydrogens (tertiary/aromatic N) is 2. The van der Waals surface area contributed by atoms with Crippen LogP contribution in [0, 0.1) is 19.8 Å². The van der Waals surface area contributed by atoms with Crippen LogP contribution in [-0.4, -0.2) is 44.3 Å². The summed E-state index contributed by atoms with van der Waals surface area (Å²) in [7, 11) is -4.17. The van der Waals surface area contributed by atoms with Crippen LogP contribution < -0.4 is 9.62 Å². The number of rotatable bonds is 12. The molecular weight excluding hydrogens is 546 g/mol. The van der Waals surface area contributed by atoms with Crippen molar-refractivity contribution < 1.29 is 18.0 Å². The lowest BCUT2D eigenvalue weighted by Crippen LogP contribution is -2.52. The molecule has 7 nitrogen and oxygen atoms in total. The molecule has 40 heavy (non-hydrogen) atoms. The molecule has 3 rings (SSSR count). The van der Waals surface area contributed by atoms with Crippen LogP contribution >= 0.6 is 11.6 Å². The largest absolute Gasteiger partial charge is 0.354 e. The number of carbonyl (C=O) groups is 2. The molecule has 0 aromatic heterocycles. The molecule has 0 saturated heterocycles. The van der Waals surface area contributed by atoms with Gasteiger partial charge in [0, 0.05) is 13.1 Å². The van der Waals surface area contributed by atoms with Gasteiger partial charge in [-0.15, -0.1) is 0 Å². The summed E-state index contributed by atoms with van der Waals surface area (Å²) in [6.07, 6.45) is 0.359. The maximum absolute atomic E-state index is 14.1. The van der Waals surface area contributed by atoms with Gasteiger partial charge in [0.25, 0.3) is 10.0 Å². The van der Waals surface area contributed by atoms with Crippen molar-refractivity contribution in [3.63, 3.8) is 0 Å². The van der Waals surface area contributed by atoms with E-state index in [1.165, 1.54) is 17.0 Å². The molecule has 3 aromatic rings. The first-order chi connectivity index (χ1) is 18.9. The molecule has 1 atom stereocenters. The molecule has 0 heterocycles. The average Bonchev–Trinajstić information content (AvgIpc) is 2.92. The number of hydrogen-bond donors (Lipinski definition) is 1. The van der Waals surface area contributed by atoms with Crippen molar-refractivity contribution in [3.05, 3.63) is 94.5 Å². The number of sulfonamides is 1. The Morgan fingerprint density at radius 1 is 0.900 bits per heavy atom. The van der Waals surface area contributed by atoms with Gasteiger partial charge in [-0.2, -0.15) is 0 Å². The first-order valence-electron chi connectivity index (χ1n) is 13.4. The summed E-state index contributed by atoms with van der Waals surface area (Å²) in [6, 6.07) is 19.8. The van der Waals surface area contributed by atoms with Crippen molar-refractivity contribution in [3.8, 4) is 0 Å². The highest BCUT2D eigenvalue weighted by Gasteiger charge is 2.34. The first kappa shape index (κ1) is 31.2. The van der Waals surface area contributed by atoms with E-state index in [4.69, 9.17) is 11.6 Å². The van der Waals surface area contributed by atoms with Crippen molar-refractivity contribution in [1.29, 1.82) is 0 Å². The zero-order chi connectivity index (χ0) is 29.4. The molecular formula is C31H38ClN3O4S. The standard InChI is InChI=1S/C31H38ClN3O4S/c1-6-28(31(37)33-19-22(2)3)34(20-25-15-11-23(4)12-16-25)30(36)21-35(29-10-8-7-9-27(29)32)40(38,39)26-17-13-24(5)14-18-26/h7-18,22,28H,6,19-21H2,1-5H3,(H,33,37). The summed E-state index contributed by atoms with van der Waals surface area (Å²) in [6.45, 7) is 9.75. The lowest BCUT2D eigenvalue weighted by atomic mass is 10.1. The van der Waals surface area contributed by atoms with Gasteiger partial charge in [0.15, 0.2) is 0 Å². The minimum Gasteiger partial charge on any atom is -0.354 e. The molecule has 0 aliphatic rings. The SMILES string of the molecule is CCC(C(=O)NCC(C)C)N(Cc1ccc(C)cc1)C(=O)CN(c1ccccc1Cl)S(=O)(=O)c1ccc(C)cc1. The van der Waals surface area contributed by atoms with E-state index in [2.05, 4.69) is 5.32 Å². The molecule has 0 aliphatic heterocycles. The zero-order valence-electron chi connectivity index (χ0n) is 23.7. The molecule has 1 unspecified atom stereocenters. The molecule has 0 saturated carbocycles. The van der Waals surface area contributed by atoms with Crippen molar-refractivity contribution >= 4 is 39.1 Å². The summed E-state index contributed by atoms with van der Waals surface area (Å²) >= 11 is 6.46. The van der Waals surface area contributed by atoms with Gasteiger partial charge >= 0.3 is 0 Å². The van der Waals surface area contributed by atoms with Crippen molar-refractivity contribution in [1.82, 2.24) is 10.2 Å². The monoisotopic (exact) mass is 583 g/mol. The van der Waals surface area contributed by atoms with Crippen molar-refractivity contribution in [2.75, 3.05) is 17.4 Å². The minimum atomic E-state index is -4.17. The number of carbonyl (C=O) groups excluding carboxylic acids is 2. The van der Waals surface area contributed by atoms with Crippen LogP contribution in [0.2, 0.25) is 5.02 Å². The fourth-order valence-electron chi connectivity index (χ4n) is 4.24. The summed E-state index contributed by atoms with van der Waals surface area (Å²) in [4.78, 5) is 28.9. The van der Waals surface area contributed by atoms with Gasteiger partial charge in [0.05, 0.1) is 15.6 Å². The smallest absolute Gasteiger partial charge is 0.264 e. The van der Waals surface area contributed by atoms with E-state index in [9.17, 15) is 18.0 Å². The Bertz CT molecular complexity index is 1410. The maximum Gasteiger partial charge on any atom is 0.264 e. The minimum absolute atomic E-state index is 0.0395. The normalized spacial score (nSPS) is 12.2. The number of amides is 2. The van der Waals surface area contributed by atoms with Crippen molar-refractivity contribution in [2.45, 2.75) is 58.5 Å². The predicted octanol–water partition coefficient (Wildman–Crippen LogP) is 5.73. The molecule has 0 fully saturated rings. The summed E-state index contributed by atoms with van der Waals surface area (Å²) in [5.74, 6) is -0.553. The van der Waals surface area contributed by atoms with E-state index in [-0.39, 0.29) is 34.0 Å². The van der Waals surface area contributed by atoms with Crippen LogP contribution in [0.15, 0.2) is 77.7 Å². The number of nitrogens with one attached hydrogen (secondary N) is 1. The first-order valence-corrected chi connectivity index (χ1v) is 15.2. The third kappa shape index (κ3) is 7.86. The molecule has 214 valence electrons. The number of aryl methyl sites for hydroxylation is 2. The number of halogens is 1. The molecule has 2 amide bonds. The second kappa shape index (κ2) is 13.8. The number of para-hydroxylation sites is 1. The Kier molecular flexibility index (Phi) is 10.8. The van der Waals surface area contributed by atoms with E-state index in [0.29, 0.717) is 13.0 Å². The van der Waals surface area contributed by atoms with Crippen LogP contribution in [0.1, 0.15) is 43.9 Å². The van der Waals surface area contributed by atoms with Gasteiger partial charge in [-0.05, 0) is 56.0 Å². The van der Waals surface area contributed by atoms with Gasteiger partial charge in [-0.25, -0.2) is 8.42 Å². The lowest BCUT2D eigenvalue weighted by molar-refractivity contribution is -0.140. The van der Waals surface area contributed by atoms with Gasteiger partial charge in [0.2, 0.25) is 11.8 Å². The van der Waals surface area contributed by atoms with Gasteiger partial charge in [-0.1, -0.05) is 92.0 Å². The number of benzene rings is 3. The van der Waals surface area contributed by atoms with Crippen LogP contribution in [0.4, 0.5) is 5.69 Å². The zero-order valence-corrected chi connectivity index (χ0v) is 25.3. The Morgan fingerprint density at radius 3 is 2.02 bits per heavy atom. The third-order valence-corrected chi connectivity index (χ3v) is 8.65. The van der Waals surface area contributed by atoms with Crippen LogP contribution in [0.5, 0.6) is 0 Å². The fourth-order valence-corrected chi connectivity index (χ4v) is 5.96. The van der Waals surface area contributed by atoms with Crippen LogP contribution in [0.3, 0.4) is 0 Å². The molecule has 3 aromatic carbocycles. The number of anilines is 1. The van der Waals surface area contributed by atoms with Gasteiger partial charge in [0.1, 0.15) is 12.6 Å². The van der Waals surface area contributed by atoms with Crippen LogP contribution in [0.25, 0.3) is 0 Å². The van der Waals surface area contributed by atoms with Crippen LogP contribution in [-0.2, 0) is 26.2 Å². The highest BCUT2D eigenvalue weighted by Crippen LogP contribution is 2.31. The number of hydrogen-bond acceptors (Lipinski definition) is 4. The quantitative estimate of drug-likeness (QED) is 0.295. The van der Waals surface area contributed by atoms with E-state index >= 15 is 0 Å². The molecule has 9 heteroatoms. The van der Waals surface area contributed by atoms with E-state index in [1.54, 1.807) is 36.4 Å². The molecule has 1 N–H and O–H groups in total. The average molecular weight is 584 g/mol. The Balaban J connectivity index is 2.05. The lowest BCUT2D eigenvalue weighted by Gasteiger charge is -2.33. The molecule has 0 spiro atoms.